The van der Waals surface area contributed by atoms with Crippen molar-refractivity contribution in [1.82, 2.24) is 0 Å². The van der Waals surface area contributed by atoms with Crippen LogP contribution in [-0.2, 0) is 0 Å². The van der Waals surface area contributed by atoms with Crippen LogP contribution in [0.25, 0.3) is 28.0 Å². The van der Waals surface area contributed by atoms with E-state index in [0.29, 0.717) is 21.9 Å². The highest BCUT2D eigenvalue weighted by Crippen LogP contribution is 2.45. The highest BCUT2D eigenvalue weighted by molar-refractivity contribution is 6.23. The Morgan fingerprint density at radius 1 is 0.739 bits per heavy atom. The number of carbonyl (C=O) groups is 1. The molecule has 0 unspecified atom stereocenters. The van der Waals surface area contributed by atoms with Crippen molar-refractivity contribution in [2.45, 2.75) is 0 Å². The molecule has 4 heteroatoms. The molecule has 0 amide bonds. The molecule has 3 N–H and O–H groups in total. The van der Waals surface area contributed by atoms with E-state index in [0.717, 1.165) is 11.1 Å². The number of carbonyl (C=O) groups excluding carboxylic acids is 1. The van der Waals surface area contributed by atoms with E-state index in [1.165, 1.54) is 12.1 Å². The Morgan fingerprint density at radius 3 is 2.22 bits per heavy atom. The van der Waals surface area contributed by atoms with Gasteiger partial charge in [0.25, 0.3) is 0 Å². The number of rotatable bonds is 1. The Bertz CT molecular complexity index is 998. The van der Waals surface area contributed by atoms with E-state index in [2.05, 4.69) is 0 Å². The maximum atomic E-state index is 12.1. The molecule has 112 valence electrons. The van der Waals surface area contributed by atoms with Gasteiger partial charge in [-0.15, -0.1) is 0 Å². The van der Waals surface area contributed by atoms with E-state index < -0.39 is 0 Å². The summed E-state index contributed by atoms with van der Waals surface area (Å²) in [7, 11) is 0. The number of hydrogen-bond donors (Lipinski definition) is 3. The lowest BCUT2D eigenvalue weighted by Gasteiger charge is -2.17. The summed E-state index contributed by atoms with van der Waals surface area (Å²) in [6, 6.07) is 11.5. The van der Waals surface area contributed by atoms with Crippen LogP contribution in [0.1, 0.15) is 15.9 Å². The standard InChI is InChI=1S/C19H12O4/c20-12-5-1-10(2-6-12)13-7-3-11-4-8-15(21)14-9-16(22)19(23)18(13)17(11)14/h1-9,20,22-23H. The topological polar surface area (TPSA) is 77.8 Å². The quantitative estimate of drug-likeness (QED) is 0.597. The third-order valence-corrected chi connectivity index (χ3v) is 4.13. The fourth-order valence-corrected chi connectivity index (χ4v) is 3.03. The molecule has 1 aliphatic carbocycles. The molecule has 0 fully saturated rings. The minimum Gasteiger partial charge on any atom is -0.508 e. The minimum absolute atomic E-state index is 0.140. The maximum absolute atomic E-state index is 12.1. The third-order valence-electron chi connectivity index (χ3n) is 4.13. The fraction of sp³-hybridized carbons (Fsp3) is 0. The molecule has 0 heterocycles. The van der Waals surface area contributed by atoms with Gasteiger partial charge in [-0.2, -0.15) is 0 Å². The summed E-state index contributed by atoms with van der Waals surface area (Å²) >= 11 is 0. The Kier molecular flexibility index (Phi) is 2.69. The average Bonchev–Trinajstić information content (AvgIpc) is 2.55. The number of aromatic hydroxyl groups is 3. The lowest BCUT2D eigenvalue weighted by molar-refractivity contribution is 0.104. The summed E-state index contributed by atoms with van der Waals surface area (Å²) in [6.45, 7) is 0. The molecule has 1 aliphatic rings. The number of hydrogen-bond acceptors (Lipinski definition) is 4. The zero-order valence-corrected chi connectivity index (χ0v) is 11.9. The SMILES string of the molecule is O=C1C=Cc2ccc(-c3ccc(O)cc3)c3c(O)c(O)cc1c23. The molecule has 0 spiro atoms. The fourth-order valence-electron chi connectivity index (χ4n) is 3.03. The van der Waals surface area contributed by atoms with Crippen molar-refractivity contribution in [3.05, 3.63) is 59.7 Å². The molecule has 0 radical (unpaired) electrons. The second-order valence-electron chi connectivity index (χ2n) is 5.49. The van der Waals surface area contributed by atoms with E-state index in [1.807, 2.05) is 12.1 Å². The second kappa shape index (κ2) is 4.61. The van der Waals surface area contributed by atoms with Gasteiger partial charge in [0, 0.05) is 16.3 Å². The Labute approximate surface area is 131 Å². The zero-order valence-electron chi connectivity index (χ0n) is 11.9. The molecule has 0 aromatic heterocycles. The van der Waals surface area contributed by atoms with Crippen LogP contribution in [0.15, 0.2) is 48.5 Å². The summed E-state index contributed by atoms with van der Waals surface area (Å²) in [5.74, 6) is -0.646. The van der Waals surface area contributed by atoms with Crippen molar-refractivity contribution in [1.29, 1.82) is 0 Å². The van der Waals surface area contributed by atoms with Gasteiger partial charge in [0.05, 0.1) is 0 Å². The molecule has 0 bridgehead atoms. The number of ketones is 1. The number of phenols is 3. The van der Waals surface area contributed by atoms with Gasteiger partial charge in [-0.25, -0.2) is 0 Å². The first-order valence-corrected chi connectivity index (χ1v) is 7.10. The van der Waals surface area contributed by atoms with Crippen LogP contribution in [-0.4, -0.2) is 21.1 Å². The van der Waals surface area contributed by atoms with Crippen molar-refractivity contribution in [3.8, 4) is 28.4 Å². The molecule has 23 heavy (non-hydrogen) atoms. The lowest BCUT2D eigenvalue weighted by atomic mass is 9.87. The molecular weight excluding hydrogens is 292 g/mol. The van der Waals surface area contributed by atoms with Gasteiger partial charge in [-0.1, -0.05) is 30.3 Å². The molecule has 3 aromatic carbocycles. The number of benzene rings is 3. The molecule has 0 saturated heterocycles. The van der Waals surface area contributed by atoms with Crippen molar-refractivity contribution in [3.63, 3.8) is 0 Å². The summed E-state index contributed by atoms with van der Waals surface area (Å²) in [5.41, 5.74) is 2.63. The monoisotopic (exact) mass is 304 g/mol. The molecule has 0 saturated carbocycles. The lowest BCUT2D eigenvalue weighted by Crippen LogP contribution is -2.02. The average molecular weight is 304 g/mol. The number of allylic oxidation sites excluding steroid dienone is 1. The third kappa shape index (κ3) is 1.89. The van der Waals surface area contributed by atoms with Crippen LogP contribution in [0, 0.1) is 0 Å². The molecule has 4 rings (SSSR count). The van der Waals surface area contributed by atoms with Crippen molar-refractivity contribution in [2.24, 2.45) is 0 Å². The van der Waals surface area contributed by atoms with Crippen LogP contribution >= 0.6 is 0 Å². The smallest absolute Gasteiger partial charge is 0.186 e. The van der Waals surface area contributed by atoms with Crippen LogP contribution in [0.4, 0.5) is 0 Å². The van der Waals surface area contributed by atoms with Gasteiger partial charge in [-0.3, -0.25) is 4.79 Å². The maximum Gasteiger partial charge on any atom is 0.186 e. The molecule has 4 nitrogen and oxygen atoms in total. The summed E-state index contributed by atoms with van der Waals surface area (Å²) in [4.78, 5) is 12.1. The predicted octanol–water partition coefficient (Wildman–Crippen LogP) is 3.83. The largest absolute Gasteiger partial charge is 0.508 e. The molecule has 0 atom stereocenters. The Morgan fingerprint density at radius 2 is 1.48 bits per heavy atom. The van der Waals surface area contributed by atoms with E-state index in [1.54, 1.807) is 30.3 Å². The van der Waals surface area contributed by atoms with Gasteiger partial charge in [0.15, 0.2) is 17.3 Å². The summed E-state index contributed by atoms with van der Waals surface area (Å²) in [5, 5.41) is 30.9. The minimum atomic E-state index is -0.326. The Hall–Kier alpha value is -3.27. The van der Waals surface area contributed by atoms with Gasteiger partial charge >= 0.3 is 0 Å². The van der Waals surface area contributed by atoms with Crippen LogP contribution in [0.3, 0.4) is 0 Å². The highest BCUT2D eigenvalue weighted by atomic mass is 16.3. The van der Waals surface area contributed by atoms with E-state index >= 15 is 0 Å². The second-order valence-corrected chi connectivity index (χ2v) is 5.49. The molecule has 0 aliphatic heterocycles. The van der Waals surface area contributed by atoms with E-state index in [4.69, 9.17) is 0 Å². The van der Waals surface area contributed by atoms with Crippen molar-refractivity contribution in [2.75, 3.05) is 0 Å². The first kappa shape index (κ1) is 13.4. The van der Waals surface area contributed by atoms with Gasteiger partial charge in [0.1, 0.15) is 5.75 Å². The first-order valence-electron chi connectivity index (χ1n) is 7.10. The van der Waals surface area contributed by atoms with Crippen LogP contribution < -0.4 is 0 Å². The summed E-state index contributed by atoms with van der Waals surface area (Å²) < 4.78 is 0. The zero-order chi connectivity index (χ0) is 16.1. The normalized spacial score (nSPS) is 12.8. The number of phenolic OH excluding ortho intramolecular Hbond substituents is 3. The molecular formula is C19H12O4. The first-order chi connectivity index (χ1) is 11.1. The van der Waals surface area contributed by atoms with Crippen molar-refractivity contribution >= 4 is 22.6 Å². The highest BCUT2D eigenvalue weighted by Gasteiger charge is 2.22. The van der Waals surface area contributed by atoms with Gasteiger partial charge < -0.3 is 15.3 Å². The molecule has 3 aromatic rings. The Balaban J connectivity index is 2.16. The van der Waals surface area contributed by atoms with E-state index in [-0.39, 0.29) is 23.0 Å². The van der Waals surface area contributed by atoms with Crippen molar-refractivity contribution < 1.29 is 20.1 Å². The summed E-state index contributed by atoms with van der Waals surface area (Å²) in [6.07, 6.45) is 3.16. The van der Waals surface area contributed by atoms with Crippen LogP contribution in [0.5, 0.6) is 17.2 Å². The van der Waals surface area contributed by atoms with E-state index in [9.17, 15) is 20.1 Å². The van der Waals surface area contributed by atoms with Gasteiger partial charge in [-0.05, 0) is 41.0 Å². The van der Waals surface area contributed by atoms with Crippen LogP contribution in [0.2, 0.25) is 0 Å². The van der Waals surface area contributed by atoms with Gasteiger partial charge in [0.2, 0.25) is 0 Å². The predicted molar refractivity (Wildman–Crippen MR) is 87.7 cm³/mol.